The van der Waals surface area contributed by atoms with Gasteiger partial charge in [0, 0.05) is 17.7 Å². The molecule has 4 rings (SSSR count). The third kappa shape index (κ3) is 3.90. The van der Waals surface area contributed by atoms with Crippen LogP contribution in [-0.2, 0) is 4.74 Å². The van der Waals surface area contributed by atoms with Crippen LogP contribution in [-0.4, -0.2) is 24.2 Å². The van der Waals surface area contributed by atoms with E-state index < -0.39 is 11.9 Å². The van der Waals surface area contributed by atoms with Crippen molar-refractivity contribution in [2.24, 2.45) is 0 Å². The molecule has 0 unspecified atom stereocenters. The van der Waals surface area contributed by atoms with E-state index in [1.165, 1.54) is 23.4 Å². The Morgan fingerprint density at radius 2 is 1.79 bits per heavy atom. The molecule has 0 radical (unpaired) electrons. The summed E-state index contributed by atoms with van der Waals surface area (Å²) in [5, 5.41) is 2.58. The topological polar surface area (TPSA) is 77.2 Å². The van der Waals surface area contributed by atoms with E-state index in [1.807, 2.05) is 24.3 Å². The molecular formula is C23H18FN3O2. The summed E-state index contributed by atoms with van der Waals surface area (Å²) in [4.78, 5) is 15.7. The first-order valence-electron chi connectivity index (χ1n) is 9.12. The lowest BCUT2D eigenvalue weighted by atomic mass is 9.98. The number of ether oxygens (including phenoxy) is 1. The van der Waals surface area contributed by atoms with Gasteiger partial charge in [0.05, 0.1) is 6.54 Å². The number of benzene rings is 2. The highest BCUT2D eigenvalue weighted by Gasteiger charge is 2.28. The molecule has 0 spiro atoms. The van der Waals surface area contributed by atoms with Gasteiger partial charge in [-0.25, -0.2) is 14.2 Å². The molecule has 1 amide bonds. The summed E-state index contributed by atoms with van der Waals surface area (Å²) in [6.45, 7) is 0.309. The molecular weight excluding hydrogens is 369 g/mol. The van der Waals surface area contributed by atoms with E-state index in [0.717, 1.165) is 11.1 Å². The summed E-state index contributed by atoms with van der Waals surface area (Å²) in [6.07, 6.45) is 0.821. The summed E-state index contributed by atoms with van der Waals surface area (Å²) in [5.41, 5.74) is 10.4. The van der Waals surface area contributed by atoms with Crippen molar-refractivity contribution in [1.82, 2.24) is 10.3 Å². The van der Waals surface area contributed by atoms with Gasteiger partial charge in [0.2, 0.25) is 0 Å². The van der Waals surface area contributed by atoms with E-state index in [1.54, 1.807) is 0 Å². The number of amides is 1. The average Bonchev–Trinajstić information content (AvgIpc) is 3.06. The van der Waals surface area contributed by atoms with Crippen LogP contribution in [0.25, 0.3) is 11.1 Å². The molecule has 2 aromatic carbocycles. The second kappa shape index (κ2) is 8.03. The third-order valence-corrected chi connectivity index (χ3v) is 4.77. The molecule has 1 aliphatic rings. The number of alkyl carbamates (subject to hydrolysis) is 1. The van der Waals surface area contributed by atoms with Crippen LogP contribution in [0, 0.1) is 17.7 Å². The van der Waals surface area contributed by atoms with Gasteiger partial charge in [-0.05, 0) is 28.3 Å². The smallest absolute Gasteiger partial charge is 0.407 e. The predicted molar refractivity (Wildman–Crippen MR) is 109 cm³/mol. The number of fused-ring (bicyclic) bond motifs is 3. The van der Waals surface area contributed by atoms with Crippen LogP contribution < -0.4 is 11.1 Å². The van der Waals surface area contributed by atoms with Crippen LogP contribution in [0.3, 0.4) is 0 Å². The first-order valence-corrected chi connectivity index (χ1v) is 9.12. The quantitative estimate of drug-likeness (QED) is 0.672. The van der Waals surface area contributed by atoms with Crippen LogP contribution in [0.5, 0.6) is 0 Å². The molecule has 144 valence electrons. The maximum atomic E-state index is 13.3. The van der Waals surface area contributed by atoms with Crippen LogP contribution >= 0.6 is 0 Å². The van der Waals surface area contributed by atoms with Crippen LogP contribution in [0.4, 0.5) is 15.0 Å². The van der Waals surface area contributed by atoms with Gasteiger partial charge in [0.15, 0.2) is 11.6 Å². The zero-order valence-corrected chi connectivity index (χ0v) is 15.5. The third-order valence-electron chi connectivity index (χ3n) is 4.77. The number of nitrogen functional groups attached to an aromatic ring is 1. The number of pyridine rings is 1. The summed E-state index contributed by atoms with van der Waals surface area (Å²) >= 11 is 0. The molecule has 1 aliphatic carbocycles. The number of nitrogens with two attached hydrogens (primary N) is 1. The SMILES string of the molecule is Nc1ncc(C#CCNC(=O)OCC2c3ccccc3-c3ccccc32)cc1F. The van der Waals surface area contributed by atoms with Crippen LogP contribution in [0.2, 0.25) is 0 Å². The van der Waals surface area contributed by atoms with E-state index >= 15 is 0 Å². The molecule has 0 atom stereocenters. The summed E-state index contributed by atoms with van der Waals surface area (Å²) in [7, 11) is 0. The standard InChI is InChI=1S/C23H18FN3O2/c24-21-12-15(13-27-22(21)25)6-5-11-26-23(28)29-14-20-18-9-3-1-7-16(18)17-8-2-4-10-19(17)20/h1-4,7-10,12-13,20H,11,14H2,(H2,25,27)(H,26,28). The number of rotatable bonds is 3. The fourth-order valence-electron chi connectivity index (χ4n) is 3.43. The number of halogens is 1. The lowest BCUT2D eigenvalue weighted by Crippen LogP contribution is -2.26. The predicted octanol–water partition coefficient (Wildman–Crippen LogP) is 3.69. The van der Waals surface area contributed by atoms with E-state index in [4.69, 9.17) is 10.5 Å². The number of aromatic nitrogens is 1. The Morgan fingerprint density at radius 1 is 1.14 bits per heavy atom. The maximum Gasteiger partial charge on any atom is 0.407 e. The van der Waals surface area contributed by atoms with Crippen molar-refractivity contribution in [2.45, 2.75) is 5.92 Å². The Bertz CT molecular complexity index is 1090. The largest absolute Gasteiger partial charge is 0.449 e. The summed E-state index contributed by atoms with van der Waals surface area (Å²) in [6, 6.07) is 17.5. The average molecular weight is 387 g/mol. The Kier molecular flexibility index (Phi) is 5.12. The highest BCUT2D eigenvalue weighted by Crippen LogP contribution is 2.44. The van der Waals surface area contributed by atoms with Gasteiger partial charge in [-0.15, -0.1) is 0 Å². The molecule has 5 nitrogen and oxygen atoms in total. The van der Waals surface area contributed by atoms with Gasteiger partial charge in [-0.3, -0.25) is 0 Å². The molecule has 3 aromatic rings. The van der Waals surface area contributed by atoms with Crippen molar-refractivity contribution in [2.75, 3.05) is 18.9 Å². The second-order valence-corrected chi connectivity index (χ2v) is 6.57. The first kappa shape index (κ1) is 18.5. The number of carbonyl (C=O) groups is 1. The lowest BCUT2D eigenvalue weighted by Gasteiger charge is -2.14. The molecule has 0 aliphatic heterocycles. The fourth-order valence-corrected chi connectivity index (χ4v) is 3.43. The minimum Gasteiger partial charge on any atom is -0.449 e. The number of anilines is 1. The summed E-state index contributed by atoms with van der Waals surface area (Å²) < 4.78 is 18.8. The van der Waals surface area contributed by atoms with Gasteiger partial charge in [0.1, 0.15) is 6.61 Å². The minimum absolute atomic E-state index is 0.00283. The Hall–Kier alpha value is -3.85. The zero-order chi connectivity index (χ0) is 20.2. The number of hydrogen-bond donors (Lipinski definition) is 2. The molecule has 3 N–H and O–H groups in total. The fraction of sp³-hybridized carbons (Fsp3) is 0.130. The Morgan fingerprint density at radius 3 is 2.45 bits per heavy atom. The van der Waals surface area contributed by atoms with Crippen molar-refractivity contribution in [1.29, 1.82) is 0 Å². The maximum absolute atomic E-state index is 13.3. The normalized spacial score (nSPS) is 11.8. The van der Waals surface area contributed by atoms with Crippen LogP contribution in [0.1, 0.15) is 22.6 Å². The monoisotopic (exact) mass is 387 g/mol. The van der Waals surface area contributed by atoms with E-state index in [2.05, 4.69) is 46.4 Å². The minimum atomic E-state index is -0.624. The molecule has 0 saturated carbocycles. The molecule has 29 heavy (non-hydrogen) atoms. The number of hydrogen-bond acceptors (Lipinski definition) is 4. The van der Waals surface area contributed by atoms with E-state index in [-0.39, 0.29) is 24.9 Å². The molecule has 1 aromatic heterocycles. The molecule has 0 fully saturated rings. The molecule has 0 saturated heterocycles. The lowest BCUT2D eigenvalue weighted by molar-refractivity contribution is 0.144. The van der Waals surface area contributed by atoms with Crippen molar-refractivity contribution >= 4 is 11.9 Å². The molecule has 0 bridgehead atoms. The first-order chi connectivity index (χ1) is 14.1. The van der Waals surface area contributed by atoms with Crippen molar-refractivity contribution in [3.63, 3.8) is 0 Å². The molecule has 6 heteroatoms. The van der Waals surface area contributed by atoms with Gasteiger partial charge in [-0.1, -0.05) is 60.4 Å². The Labute approximate surface area is 167 Å². The zero-order valence-electron chi connectivity index (χ0n) is 15.5. The molecule has 1 heterocycles. The number of carbonyl (C=O) groups excluding carboxylic acids is 1. The number of nitrogens with zero attached hydrogens (tertiary/aromatic N) is 1. The van der Waals surface area contributed by atoms with E-state index in [0.29, 0.717) is 5.56 Å². The van der Waals surface area contributed by atoms with Crippen molar-refractivity contribution in [3.8, 4) is 23.0 Å². The van der Waals surface area contributed by atoms with Crippen molar-refractivity contribution < 1.29 is 13.9 Å². The summed E-state index contributed by atoms with van der Waals surface area (Å²) in [5.74, 6) is 4.65. The van der Waals surface area contributed by atoms with Crippen molar-refractivity contribution in [3.05, 3.63) is 83.3 Å². The van der Waals surface area contributed by atoms with Gasteiger partial charge >= 0.3 is 6.09 Å². The van der Waals surface area contributed by atoms with Gasteiger partial charge in [-0.2, -0.15) is 0 Å². The van der Waals surface area contributed by atoms with E-state index in [9.17, 15) is 9.18 Å². The highest BCUT2D eigenvalue weighted by atomic mass is 19.1. The van der Waals surface area contributed by atoms with Gasteiger partial charge < -0.3 is 15.8 Å². The highest BCUT2D eigenvalue weighted by molar-refractivity contribution is 5.79. The number of nitrogens with one attached hydrogen (secondary N) is 1. The Balaban J connectivity index is 1.35. The van der Waals surface area contributed by atoms with Crippen LogP contribution in [0.15, 0.2) is 60.8 Å². The van der Waals surface area contributed by atoms with Gasteiger partial charge in [0.25, 0.3) is 0 Å². The second-order valence-electron chi connectivity index (χ2n) is 6.57.